The Morgan fingerprint density at radius 1 is 1.00 bits per heavy atom. The molecule has 1 saturated heterocycles. The summed E-state index contributed by atoms with van der Waals surface area (Å²) in [5, 5.41) is 7.26. The van der Waals surface area contributed by atoms with Gasteiger partial charge in [0.15, 0.2) is 0 Å². The van der Waals surface area contributed by atoms with Gasteiger partial charge in [0.25, 0.3) is 0 Å². The van der Waals surface area contributed by atoms with E-state index in [1.807, 2.05) is 42.5 Å². The molecule has 1 fully saturated rings. The minimum Gasteiger partial charge on any atom is -0.497 e. The average Bonchev–Trinajstić information content (AvgIpc) is 3.24. The monoisotopic (exact) mass is 379 g/mol. The molecule has 1 N–H and O–H groups in total. The highest BCUT2D eigenvalue weighted by Crippen LogP contribution is 2.20. The topological polar surface area (TPSA) is 66.7 Å². The largest absolute Gasteiger partial charge is 0.497 e. The molecule has 0 bridgehead atoms. The molecule has 1 aromatic heterocycles. The van der Waals surface area contributed by atoms with Crippen molar-refractivity contribution in [2.75, 3.05) is 56.6 Å². The zero-order chi connectivity index (χ0) is 19.2. The molecule has 0 amide bonds. The van der Waals surface area contributed by atoms with Crippen LogP contribution in [-0.4, -0.2) is 61.4 Å². The summed E-state index contributed by atoms with van der Waals surface area (Å²) in [6, 6.07) is 18.6. The molecule has 2 aromatic carbocycles. The second kappa shape index (κ2) is 8.75. The summed E-state index contributed by atoms with van der Waals surface area (Å²) < 4.78 is 10.5. The molecule has 28 heavy (non-hydrogen) atoms. The first kappa shape index (κ1) is 18.3. The maximum absolute atomic E-state index is 5.29. The first-order valence-corrected chi connectivity index (χ1v) is 9.56. The van der Waals surface area contributed by atoms with Gasteiger partial charge in [-0.3, -0.25) is 4.90 Å². The van der Waals surface area contributed by atoms with Gasteiger partial charge in [-0.05, 0) is 24.3 Å². The van der Waals surface area contributed by atoms with Crippen LogP contribution in [0.3, 0.4) is 0 Å². The van der Waals surface area contributed by atoms with E-state index < -0.39 is 0 Å². The van der Waals surface area contributed by atoms with E-state index in [0.29, 0.717) is 11.8 Å². The molecule has 0 spiro atoms. The Hall–Kier alpha value is -3.06. The number of benzene rings is 2. The molecule has 0 radical (unpaired) electrons. The van der Waals surface area contributed by atoms with Crippen LogP contribution in [-0.2, 0) is 0 Å². The number of nitrogens with one attached hydrogen (secondary N) is 1. The van der Waals surface area contributed by atoms with E-state index in [1.54, 1.807) is 7.11 Å². The highest BCUT2D eigenvalue weighted by Gasteiger charge is 2.17. The molecule has 0 unspecified atom stereocenters. The number of hydrogen-bond acceptors (Lipinski definition) is 7. The van der Waals surface area contributed by atoms with E-state index in [2.05, 4.69) is 37.4 Å². The maximum atomic E-state index is 5.29. The van der Waals surface area contributed by atoms with Crippen molar-refractivity contribution in [2.24, 2.45) is 0 Å². The fourth-order valence-electron chi connectivity index (χ4n) is 3.34. The number of nitrogens with zero attached hydrogens (tertiary/aromatic N) is 4. The Balaban J connectivity index is 1.21. The number of aromatic nitrogens is 2. The zero-order valence-corrected chi connectivity index (χ0v) is 16.0. The van der Waals surface area contributed by atoms with Crippen molar-refractivity contribution in [3.63, 3.8) is 0 Å². The van der Waals surface area contributed by atoms with Crippen molar-refractivity contribution in [2.45, 2.75) is 0 Å². The van der Waals surface area contributed by atoms with Gasteiger partial charge in [0.2, 0.25) is 5.82 Å². The zero-order valence-electron chi connectivity index (χ0n) is 16.0. The molecular weight excluding hydrogens is 354 g/mol. The second-order valence-electron chi connectivity index (χ2n) is 6.74. The van der Waals surface area contributed by atoms with Crippen molar-refractivity contribution in [3.05, 3.63) is 54.6 Å². The molecule has 3 aromatic rings. The highest BCUT2D eigenvalue weighted by molar-refractivity contribution is 5.55. The lowest BCUT2D eigenvalue weighted by Crippen LogP contribution is -2.47. The van der Waals surface area contributed by atoms with Gasteiger partial charge in [-0.2, -0.15) is 4.98 Å². The van der Waals surface area contributed by atoms with Gasteiger partial charge in [0.05, 0.1) is 7.11 Å². The third kappa shape index (κ3) is 4.43. The van der Waals surface area contributed by atoms with Crippen LogP contribution in [0, 0.1) is 0 Å². The summed E-state index contributed by atoms with van der Waals surface area (Å²) in [6.07, 6.45) is 0. The minimum atomic E-state index is 0.468. The van der Waals surface area contributed by atoms with E-state index in [4.69, 9.17) is 9.26 Å². The average molecular weight is 379 g/mol. The summed E-state index contributed by atoms with van der Waals surface area (Å²) in [4.78, 5) is 9.26. The van der Waals surface area contributed by atoms with Crippen LogP contribution in [0.15, 0.2) is 59.1 Å². The van der Waals surface area contributed by atoms with Gasteiger partial charge in [0.1, 0.15) is 5.75 Å². The van der Waals surface area contributed by atoms with Crippen LogP contribution in [0.1, 0.15) is 0 Å². The van der Waals surface area contributed by atoms with Crippen molar-refractivity contribution >= 4 is 11.7 Å². The quantitative estimate of drug-likeness (QED) is 0.677. The van der Waals surface area contributed by atoms with E-state index >= 15 is 0 Å². The van der Waals surface area contributed by atoms with Gasteiger partial charge in [-0.1, -0.05) is 35.5 Å². The van der Waals surface area contributed by atoms with Crippen LogP contribution in [0.5, 0.6) is 5.75 Å². The number of ether oxygens (including phenoxy) is 1. The van der Waals surface area contributed by atoms with E-state index in [0.717, 1.165) is 50.6 Å². The summed E-state index contributed by atoms with van der Waals surface area (Å²) in [5.41, 5.74) is 2.20. The van der Waals surface area contributed by atoms with Crippen molar-refractivity contribution in [1.82, 2.24) is 15.0 Å². The molecule has 1 aliphatic heterocycles. The number of anilines is 2. The SMILES string of the molecule is COc1ccc(N2CCN(CCNc3nc(-c4ccccc4)no3)CC2)cc1. The standard InChI is InChI=1S/C21H25N5O2/c1-27-19-9-7-18(8-10-19)26-15-13-25(14-16-26)12-11-22-21-23-20(24-28-21)17-5-3-2-4-6-17/h2-10H,11-16H2,1H3,(H,22,23,24). The molecule has 7 heteroatoms. The van der Waals surface area contributed by atoms with Crippen molar-refractivity contribution in [3.8, 4) is 17.1 Å². The van der Waals surface area contributed by atoms with E-state index in [1.165, 1.54) is 5.69 Å². The first-order chi connectivity index (χ1) is 13.8. The summed E-state index contributed by atoms with van der Waals surface area (Å²) >= 11 is 0. The summed E-state index contributed by atoms with van der Waals surface area (Å²) in [5.74, 6) is 1.50. The second-order valence-corrected chi connectivity index (χ2v) is 6.74. The summed E-state index contributed by atoms with van der Waals surface area (Å²) in [7, 11) is 1.69. The Labute approximate surface area is 164 Å². The lowest BCUT2D eigenvalue weighted by atomic mass is 10.2. The molecule has 1 aliphatic rings. The Kier molecular flexibility index (Phi) is 5.72. The molecule has 2 heterocycles. The molecule has 0 aliphatic carbocycles. The fourth-order valence-corrected chi connectivity index (χ4v) is 3.34. The maximum Gasteiger partial charge on any atom is 0.321 e. The van der Waals surface area contributed by atoms with Gasteiger partial charge in [-0.15, -0.1) is 0 Å². The third-order valence-electron chi connectivity index (χ3n) is 4.97. The van der Waals surface area contributed by atoms with Gasteiger partial charge in [0, 0.05) is 50.5 Å². The van der Waals surface area contributed by atoms with Gasteiger partial charge < -0.3 is 19.5 Å². The van der Waals surface area contributed by atoms with E-state index in [-0.39, 0.29) is 0 Å². The third-order valence-corrected chi connectivity index (χ3v) is 4.97. The van der Waals surface area contributed by atoms with Crippen LogP contribution in [0.4, 0.5) is 11.7 Å². The number of methoxy groups -OCH3 is 1. The Morgan fingerprint density at radius 3 is 2.46 bits per heavy atom. The van der Waals surface area contributed by atoms with Crippen LogP contribution >= 0.6 is 0 Å². The molecule has 4 rings (SSSR count). The molecule has 7 nitrogen and oxygen atoms in total. The summed E-state index contributed by atoms with van der Waals surface area (Å²) in [6.45, 7) is 5.83. The Morgan fingerprint density at radius 2 is 1.75 bits per heavy atom. The van der Waals surface area contributed by atoms with Gasteiger partial charge >= 0.3 is 6.01 Å². The molecular formula is C21H25N5O2. The number of rotatable bonds is 7. The smallest absolute Gasteiger partial charge is 0.321 e. The van der Waals surface area contributed by atoms with Gasteiger partial charge in [-0.25, -0.2) is 0 Å². The molecule has 146 valence electrons. The van der Waals surface area contributed by atoms with Crippen molar-refractivity contribution in [1.29, 1.82) is 0 Å². The predicted octanol–water partition coefficient (Wildman–Crippen LogP) is 2.98. The normalized spacial score (nSPS) is 14.8. The lowest BCUT2D eigenvalue weighted by Gasteiger charge is -2.36. The molecule has 0 saturated carbocycles. The number of piperazine rings is 1. The van der Waals surface area contributed by atoms with Crippen LogP contribution in [0.25, 0.3) is 11.4 Å². The van der Waals surface area contributed by atoms with Crippen molar-refractivity contribution < 1.29 is 9.26 Å². The van der Waals surface area contributed by atoms with Crippen LogP contribution in [0.2, 0.25) is 0 Å². The molecule has 0 atom stereocenters. The lowest BCUT2D eigenvalue weighted by molar-refractivity contribution is 0.266. The highest BCUT2D eigenvalue weighted by atomic mass is 16.5. The van der Waals surface area contributed by atoms with E-state index in [9.17, 15) is 0 Å². The first-order valence-electron chi connectivity index (χ1n) is 9.56. The number of hydrogen-bond donors (Lipinski definition) is 1. The van der Waals surface area contributed by atoms with Crippen LogP contribution < -0.4 is 15.0 Å². The minimum absolute atomic E-state index is 0.468. The predicted molar refractivity (Wildman–Crippen MR) is 110 cm³/mol. The Bertz CT molecular complexity index is 858. The fraction of sp³-hybridized carbons (Fsp3) is 0.333.